The average molecular weight is 290 g/mol. The van der Waals surface area contributed by atoms with Gasteiger partial charge >= 0.3 is 0 Å². The Hall–Kier alpha value is -1.95. The number of nitrogens with one attached hydrogen (secondary N) is 1. The van der Waals surface area contributed by atoms with Crippen LogP contribution < -0.4 is 11.1 Å². The van der Waals surface area contributed by atoms with E-state index in [-0.39, 0.29) is 5.91 Å². The van der Waals surface area contributed by atoms with Crippen LogP contribution in [0.4, 0.5) is 5.82 Å². The van der Waals surface area contributed by atoms with Gasteiger partial charge in [-0.1, -0.05) is 19.9 Å². The number of carbonyl (C=O) groups is 1. The van der Waals surface area contributed by atoms with E-state index in [0.29, 0.717) is 24.0 Å². The van der Waals surface area contributed by atoms with Gasteiger partial charge in [0.2, 0.25) is 0 Å². The molecule has 0 saturated carbocycles. The molecule has 0 spiro atoms. The molecule has 0 radical (unpaired) electrons. The first-order valence-corrected chi connectivity index (χ1v) is 7.39. The van der Waals surface area contributed by atoms with Crippen LogP contribution in [0.25, 0.3) is 0 Å². The number of pyridine rings is 1. The molecule has 2 rings (SSSR count). The molecule has 0 bridgehead atoms. The molecule has 0 aliphatic heterocycles. The highest BCUT2D eigenvalue weighted by atomic mass is 32.1. The van der Waals surface area contributed by atoms with Gasteiger partial charge in [0, 0.05) is 18.3 Å². The van der Waals surface area contributed by atoms with Gasteiger partial charge in [-0.25, -0.2) is 9.97 Å². The summed E-state index contributed by atoms with van der Waals surface area (Å²) in [5.74, 6) is 0.572. The smallest absolute Gasteiger partial charge is 0.269 e. The first-order chi connectivity index (χ1) is 9.56. The predicted molar refractivity (Wildman–Crippen MR) is 80.9 cm³/mol. The molecule has 106 valence electrons. The number of nitrogens with zero attached hydrogens (tertiary/aromatic N) is 2. The lowest BCUT2D eigenvalue weighted by Gasteiger charge is -2.04. The van der Waals surface area contributed by atoms with Crippen LogP contribution in [0.3, 0.4) is 0 Å². The van der Waals surface area contributed by atoms with Crippen LogP contribution in [0.5, 0.6) is 0 Å². The van der Waals surface area contributed by atoms with E-state index in [1.807, 2.05) is 0 Å². The SMILES string of the molecule is CC(C)c1csc(CCNC(=O)c2cccc(N)n2)n1. The number of nitrogen functional groups attached to an aromatic ring is 1. The lowest BCUT2D eigenvalue weighted by atomic mass is 10.2. The maximum absolute atomic E-state index is 11.9. The normalized spacial score (nSPS) is 10.8. The van der Waals surface area contributed by atoms with Crippen LogP contribution in [0.1, 0.15) is 41.0 Å². The van der Waals surface area contributed by atoms with Gasteiger partial charge in [0.15, 0.2) is 0 Å². The number of thiazole rings is 1. The summed E-state index contributed by atoms with van der Waals surface area (Å²) in [6, 6.07) is 5.01. The van der Waals surface area contributed by atoms with E-state index in [2.05, 4.69) is 34.5 Å². The number of aromatic nitrogens is 2. The molecule has 0 atom stereocenters. The summed E-state index contributed by atoms with van der Waals surface area (Å²) >= 11 is 1.63. The number of hydrogen-bond acceptors (Lipinski definition) is 5. The molecule has 0 aliphatic rings. The second-order valence-electron chi connectivity index (χ2n) is 4.77. The zero-order valence-electron chi connectivity index (χ0n) is 11.6. The molecule has 2 aromatic heterocycles. The molecule has 0 saturated heterocycles. The summed E-state index contributed by atoms with van der Waals surface area (Å²) in [7, 11) is 0. The minimum absolute atomic E-state index is 0.210. The Bertz CT molecular complexity index is 594. The van der Waals surface area contributed by atoms with Gasteiger partial charge in [-0.3, -0.25) is 4.79 Å². The maximum Gasteiger partial charge on any atom is 0.269 e. The molecule has 2 aromatic rings. The van der Waals surface area contributed by atoms with E-state index in [4.69, 9.17) is 5.73 Å². The van der Waals surface area contributed by atoms with Crippen molar-refractivity contribution >= 4 is 23.1 Å². The van der Waals surface area contributed by atoms with Crippen molar-refractivity contribution in [3.05, 3.63) is 40.0 Å². The molecule has 0 unspecified atom stereocenters. The highest BCUT2D eigenvalue weighted by Crippen LogP contribution is 2.17. The lowest BCUT2D eigenvalue weighted by molar-refractivity contribution is 0.0949. The second kappa shape index (κ2) is 6.47. The van der Waals surface area contributed by atoms with Gasteiger partial charge < -0.3 is 11.1 Å². The van der Waals surface area contributed by atoms with Crippen molar-refractivity contribution in [1.82, 2.24) is 15.3 Å². The van der Waals surface area contributed by atoms with Gasteiger partial charge in [0.1, 0.15) is 11.5 Å². The summed E-state index contributed by atoms with van der Waals surface area (Å²) in [6.45, 7) is 4.78. The van der Waals surface area contributed by atoms with Crippen LogP contribution >= 0.6 is 11.3 Å². The molecule has 20 heavy (non-hydrogen) atoms. The Labute approximate surface area is 122 Å². The van der Waals surface area contributed by atoms with E-state index < -0.39 is 0 Å². The first kappa shape index (κ1) is 14.5. The van der Waals surface area contributed by atoms with Gasteiger partial charge in [-0.2, -0.15) is 0 Å². The number of hydrogen-bond donors (Lipinski definition) is 2. The van der Waals surface area contributed by atoms with E-state index in [1.54, 1.807) is 29.5 Å². The molecule has 6 heteroatoms. The van der Waals surface area contributed by atoms with E-state index >= 15 is 0 Å². The number of amides is 1. The molecule has 5 nitrogen and oxygen atoms in total. The average Bonchev–Trinajstić information content (AvgIpc) is 2.87. The zero-order valence-corrected chi connectivity index (χ0v) is 12.4. The quantitative estimate of drug-likeness (QED) is 0.884. The highest BCUT2D eigenvalue weighted by molar-refractivity contribution is 7.09. The number of carbonyl (C=O) groups excluding carboxylic acids is 1. The molecular formula is C14H18N4OS. The van der Waals surface area contributed by atoms with Crippen LogP contribution in [0, 0.1) is 0 Å². The highest BCUT2D eigenvalue weighted by Gasteiger charge is 2.08. The third kappa shape index (κ3) is 3.77. The van der Waals surface area contributed by atoms with Gasteiger partial charge in [0.25, 0.3) is 5.91 Å². The van der Waals surface area contributed by atoms with Crippen LogP contribution in [0.15, 0.2) is 23.6 Å². The Morgan fingerprint density at radius 1 is 1.40 bits per heavy atom. The van der Waals surface area contributed by atoms with Crippen molar-refractivity contribution in [2.24, 2.45) is 0 Å². The first-order valence-electron chi connectivity index (χ1n) is 6.51. The van der Waals surface area contributed by atoms with Gasteiger partial charge in [-0.15, -0.1) is 11.3 Å². The van der Waals surface area contributed by atoms with Crippen molar-refractivity contribution in [3.8, 4) is 0 Å². The molecular weight excluding hydrogens is 272 g/mol. The fourth-order valence-corrected chi connectivity index (χ4v) is 2.62. The second-order valence-corrected chi connectivity index (χ2v) is 5.72. The number of rotatable bonds is 5. The third-order valence-electron chi connectivity index (χ3n) is 2.79. The van der Waals surface area contributed by atoms with Crippen molar-refractivity contribution in [2.45, 2.75) is 26.2 Å². The molecule has 1 amide bonds. The Morgan fingerprint density at radius 2 is 2.20 bits per heavy atom. The van der Waals surface area contributed by atoms with E-state index in [1.165, 1.54) is 0 Å². The monoisotopic (exact) mass is 290 g/mol. The predicted octanol–water partition coefficient (Wildman–Crippen LogP) is 2.22. The van der Waals surface area contributed by atoms with Crippen LogP contribution in [-0.2, 0) is 6.42 Å². The van der Waals surface area contributed by atoms with Gasteiger partial charge in [-0.05, 0) is 18.1 Å². The Kier molecular flexibility index (Phi) is 4.68. The van der Waals surface area contributed by atoms with E-state index in [9.17, 15) is 4.79 Å². The Morgan fingerprint density at radius 3 is 2.85 bits per heavy atom. The van der Waals surface area contributed by atoms with Crippen LogP contribution in [-0.4, -0.2) is 22.4 Å². The minimum atomic E-state index is -0.210. The maximum atomic E-state index is 11.9. The summed E-state index contributed by atoms with van der Waals surface area (Å²) in [4.78, 5) is 20.4. The molecule has 2 heterocycles. The lowest BCUT2D eigenvalue weighted by Crippen LogP contribution is -2.26. The Balaban J connectivity index is 1.84. The van der Waals surface area contributed by atoms with Crippen molar-refractivity contribution in [3.63, 3.8) is 0 Å². The zero-order chi connectivity index (χ0) is 14.5. The summed E-state index contributed by atoms with van der Waals surface area (Å²) in [6.07, 6.45) is 0.728. The molecule has 0 aliphatic carbocycles. The summed E-state index contributed by atoms with van der Waals surface area (Å²) in [5, 5.41) is 5.93. The molecule has 0 fully saturated rings. The van der Waals surface area contributed by atoms with Crippen molar-refractivity contribution < 1.29 is 4.79 Å². The standard InChI is InChI=1S/C14H18N4OS/c1-9(2)11-8-20-13(18-11)6-7-16-14(19)10-4-3-5-12(15)17-10/h3-5,8-9H,6-7H2,1-2H3,(H2,15,17)(H,16,19). The number of anilines is 1. The summed E-state index contributed by atoms with van der Waals surface area (Å²) < 4.78 is 0. The number of nitrogens with two attached hydrogens (primary N) is 1. The third-order valence-corrected chi connectivity index (χ3v) is 3.72. The molecule has 3 N–H and O–H groups in total. The van der Waals surface area contributed by atoms with Crippen molar-refractivity contribution in [1.29, 1.82) is 0 Å². The largest absolute Gasteiger partial charge is 0.384 e. The van der Waals surface area contributed by atoms with Crippen LogP contribution in [0.2, 0.25) is 0 Å². The fourth-order valence-electron chi connectivity index (χ4n) is 1.66. The minimum Gasteiger partial charge on any atom is -0.384 e. The van der Waals surface area contributed by atoms with E-state index in [0.717, 1.165) is 17.1 Å². The van der Waals surface area contributed by atoms with Gasteiger partial charge in [0.05, 0.1) is 10.7 Å². The van der Waals surface area contributed by atoms with Crippen molar-refractivity contribution in [2.75, 3.05) is 12.3 Å². The summed E-state index contributed by atoms with van der Waals surface area (Å²) in [5.41, 5.74) is 6.99. The topological polar surface area (TPSA) is 80.9 Å². The molecule has 0 aromatic carbocycles. The fraction of sp³-hybridized carbons (Fsp3) is 0.357.